The Labute approximate surface area is 183 Å². The van der Waals surface area contributed by atoms with Crippen LogP contribution < -0.4 is 10.6 Å². The summed E-state index contributed by atoms with van der Waals surface area (Å²) in [5.74, 6) is -0.346. The second-order valence-corrected chi connectivity index (χ2v) is 7.46. The van der Waals surface area contributed by atoms with Crippen molar-refractivity contribution in [3.05, 3.63) is 101 Å². The first-order valence-corrected chi connectivity index (χ1v) is 10.4. The molecule has 0 fully saturated rings. The van der Waals surface area contributed by atoms with E-state index in [2.05, 4.69) is 41.8 Å². The van der Waals surface area contributed by atoms with Crippen molar-refractivity contribution in [1.82, 2.24) is 5.32 Å². The number of hydrogen-bond donors (Lipinski definition) is 2. The Bertz CT molecular complexity index is 1030. The summed E-state index contributed by atoms with van der Waals surface area (Å²) in [6, 6.07) is 23.8. The van der Waals surface area contributed by atoms with E-state index in [1.807, 2.05) is 43.3 Å². The highest BCUT2D eigenvalue weighted by Gasteiger charge is 2.17. The number of carbonyl (C=O) groups is 1. The largest absolute Gasteiger partial charge is 0.462 e. The van der Waals surface area contributed by atoms with E-state index in [4.69, 9.17) is 17.0 Å². The second kappa shape index (κ2) is 10.0. The lowest BCUT2D eigenvalue weighted by atomic mass is 9.95. The standard InChI is InChI=1S/C25H26N2O2S/c1-4-29-24(28)20-15-14-18(3)22(16-20)26-25(30)27-23(19-11-6-5-7-12-19)21-13-9-8-10-17(21)2/h5-16,23H,4H2,1-3H3,(H2,26,27,30)/t23-/m1/s1. The molecule has 0 aliphatic carbocycles. The molecule has 2 N–H and O–H groups in total. The van der Waals surface area contributed by atoms with E-state index >= 15 is 0 Å². The quantitative estimate of drug-likeness (QED) is 0.406. The molecule has 1 atom stereocenters. The van der Waals surface area contributed by atoms with Crippen LogP contribution in [0.2, 0.25) is 0 Å². The van der Waals surface area contributed by atoms with Gasteiger partial charge in [-0.3, -0.25) is 0 Å². The molecule has 3 aromatic rings. The topological polar surface area (TPSA) is 50.4 Å². The molecule has 4 nitrogen and oxygen atoms in total. The van der Waals surface area contributed by atoms with E-state index in [9.17, 15) is 4.79 Å². The predicted molar refractivity (Wildman–Crippen MR) is 126 cm³/mol. The third-order valence-corrected chi connectivity index (χ3v) is 5.12. The Morgan fingerprint density at radius 3 is 2.37 bits per heavy atom. The van der Waals surface area contributed by atoms with Gasteiger partial charge in [0.25, 0.3) is 0 Å². The number of rotatable bonds is 6. The maximum absolute atomic E-state index is 12.1. The van der Waals surface area contributed by atoms with Crippen molar-refractivity contribution >= 4 is 29.0 Å². The summed E-state index contributed by atoms with van der Waals surface area (Å²) in [7, 11) is 0. The van der Waals surface area contributed by atoms with Crippen LogP contribution in [0.4, 0.5) is 5.69 Å². The zero-order chi connectivity index (χ0) is 21.5. The van der Waals surface area contributed by atoms with Gasteiger partial charge in [-0.05, 0) is 67.4 Å². The molecule has 0 aromatic heterocycles. The molecule has 0 saturated carbocycles. The molecule has 0 spiro atoms. The first-order valence-electron chi connectivity index (χ1n) is 9.95. The molecule has 0 amide bonds. The molecule has 0 radical (unpaired) electrons. The summed E-state index contributed by atoms with van der Waals surface area (Å²) in [6.07, 6.45) is 0. The van der Waals surface area contributed by atoms with Gasteiger partial charge in [-0.25, -0.2) is 4.79 Å². The van der Waals surface area contributed by atoms with Gasteiger partial charge in [0.15, 0.2) is 5.11 Å². The number of carbonyl (C=O) groups excluding carboxylic acids is 1. The number of anilines is 1. The van der Waals surface area contributed by atoms with Crippen LogP contribution in [0.5, 0.6) is 0 Å². The van der Waals surface area contributed by atoms with Crippen molar-refractivity contribution in [1.29, 1.82) is 0 Å². The van der Waals surface area contributed by atoms with Crippen molar-refractivity contribution in [2.75, 3.05) is 11.9 Å². The van der Waals surface area contributed by atoms with Gasteiger partial charge in [0.1, 0.15) is 0 Å². The molecule has 0 unspecified atom stereocenters. The van der Waals surface area contributed by atoms with Crippen LogP contribution >= 0.6 is 12.2 Å². The molecular weight excluding hydrogens is 392 g/mol. The Morgan fingerprint density at radius 1 is 0.967 bits per heavy atom. The summed E-state index contributed by atoms with van der Waals surface area (Å²) in [4.78, 5) is 12.1. The first kappa shape index (κ1) is 21.5. The van der Waals surface area contributed by atoms with Gasteiger partial charge in [0.05, 0.1) is 18.2 Å². The highest BCUT2D eigenvalue weighted by Crippen LogP contribution is 2.25. The number of benzene rings is 3. The summed E-state index contributed by atoms with van der Waals surface area (Å²) >= 11 is 5.64. The molecule has 0 heterocycles. The fraction of sp³-hybridized carbons (Fsp3) is 0.200. The average molecular weight is 419 g/mol. The van der Waals surface area contributed by atoms with Gasteiger partial charge >= 0.3 is 5.97 Å². The molecule has 0 bridgehead atoms. The van der Waals surface area contributed by atoms with Gasteiger partial charge in [0, 0.05) is 5.69 Å². The monoisotopic (exact) mass is 418 g/mol. The number of aryl methyl sites for hydroxylation is 2. The third-order valence-electron chi connectivity index (χ3n) is 4.90. The Morgan fingerprint density at radius 2 is 1.67 bits per heavy atom. The number of hydrogen-bond acceptors (Lipinski definition) is 3. The van der Waals surface area contributed by atoms with Crippen molar-refractivity contribution in [3.8, 4) is 0 Å². The zero-order valence-corrected chi connectivity index (χ0v) is 18.3. The highest BCUT2D eigenvalue weighted by molar-refractivity contribution is 7.80. The molecule has 154 valence electrons. The molecule has 0 saturated heterocycles. The van der Waals surface area contributed by atoms with Crippen LogP contribution in [0.15, 0.2) is 72.8 Å². The summed E-state index contributed by atoms with van der Waals surface area (Å²) < 4.78 is 5.11. The normalized spacial score (nSPS) is 11.4. The smallest absolute Gasteiger partial charge is 0.338 e. The molecule has 3 aromatic carbocycles. The van der Waals surface area contributed by atoms with Crippen LogP contribution in [0, 0.1) is 13.8 Å². The van der Waals surface area contributed by atoms with E-state index in [1.165, 1.54) is 5.56 Å². The van der Waals surface area contributed by atoms with Crippen LogP contribution in [-0.4, -0.2) is 17.7 Å². The Balaban J connectivity index is 1.85. The summed E-state index contributed by atoms with van der Waals surface area (Å²) in [6.45, 7) is 6.19. The van der Waals surface area contributed by atoms with Gasteiger partial charge in [-0.15, -0.1) is 0 Å². The SMILES string of the molecule is CCOC(=O)c1ccc(C)c(NC(=S)N[C@H](c2ccccc2)c2ccccc2C)c1. The third kappa shape index (κ3) is 5.24. The van der Waals surface area contributed by atoms with Crippen molar-refractivity contribution in [3.63, 3.8) is 0 Å². The lowest BCUT2D eigenvalue weighted by molar-refractivity contribution is 0.0526. The molecule has 30 heavy (non-hydrogen) atoms. The summed E-state index contributed by atoms with van der Waals surface area (Å²) in [5.41, 5.74) is 5.71. The van der Waals surface area contributed by atoms with E-state index in [0.29, 0.717) is 17.3 Å². The lowest BCUT2D eigenvalue weighted by Gasteiger charge is -2.24. The zero-order valence-electron chi connectivity index (χ0n) is 17.4. The van der Waals surface area contributed by atoms with E-state index in [-0.39, 0.29) is 12.0 Å². The van der Waals surface area contributed by atoms with Crippen molar-refractivity contribution in [2.24, 2.45) is 0 Å². The van der Waals surface area contributed by atoms with Gasteiger partial charge in [-0.2, -0.15) is 0 Å². The minimum absolute atomic E-state index is 0.0963. The number of esters is 1. The number of ether oxygens (including phenoxy) is 1. The Kier molecular flexibility index (Phi) is 7.20. The van der Waals surface area contributed by atoms with Crippen LogP contribution in [-0.2, 0) is 4.74 Å². The fourth-order valence-corrected chi connectivity index (χ4v) is 3.51. The van der Waals surface area contributed by atoms with E-state index < -0.39 is 0 Å². The molecule has 0 aliphatic heterocycles. The molecular formula is C25H26N2O2S. The molecule has 3 rings (SSSR count). The fourth-order valence-electron chi connectivity index (χ4n) is 3.28. The van der Waals surface area contributed by atoms with Gasteiger partial charge < -0.3 is 15.4 Å². The maximum Gasteiger partial charge on any atom is 0.338 e. The van der Waals surface area contributed by atoms with Crippen molar-refractivity contribution < 1.29 is 9.53 Å². The Hall–Kier alpha value is -3.18. The highest BCUT2D eigenvalue weighted by atomic mass is 32.1. The van der Waals surface area contributed by atoms with E-state index in [0.717, 1.165) is 22.4 Å². The van der Waals surface area contributed by atoms with E-state index in [1.54, 1.807) is 19.1 Å². The van der Waals surface area contributed by atoms with Gasteiger partial charge in [0.2, 0.25) is 0 Å². The minimum atomic E-state index is -0.346. The second-order valence-electron chi connectivity index (χ2n) is 7.05. The summed E-state index contributed by atoms with van der Waals surface area (Å²) in [5, 5.41) is 7.18. The maximum atomic E-state index is 12.1. The molecule has 0 aliphatic rings. The predicted octanol–water partition coefficient (Wildman–Crippen LogP) is 5.56. The van der Waals surface area contributed by atoms with Crippen LogP contribution in [0.1, 0.15) is 45.6 Å². The molecule has 5 heteroatoms. The average Bonchev–Trinajstić information content (AvgIpc) is 2.75. The van der Waals surface area contributed by atoms with Crippen molar-refractivity contribution in [2.45, 2.75) is 26.8 Å². The van der Waals surface area contributed by atoms with Crippen LogP contribution in [0.3, 0.4) is 0 Å². The first-order chi connectivity index (χ1) is 14.5. The number of thiocarbonyl (C=S) groups is 1. The minimum Gasteiger partial charge on any atom is -0.462 e. The number of nitrogens with one attached hydrogen (secondary N) is 2. The lowest BCUT2D eigenvalue weighted by Crippen LogP contribution is -2.33. The van der Waals surface area contributed by atoms with Gasteiger partial charge in [-0.1, -0.05) is 60.7 Å². The van der Waals surface area contributed by atoms with Crippen LogP contribution in [0.25, 0.3) is 0 Å².